The fourth-order valence-electron chi connectivity index (χ4n) is 4.05. The number of nitrogens with zero attached hydrogens (tertiary/aromatic N) is 4. The van der Waals surface area contributed by atoms with Crippen LogP contribution in [-0.4, -0.2) is 30.8 Å². The number of aryl methyl sites for hydroxylation is 1. The molecule has 0 aliphatic heterocycles. The van der Waals surface area contributed by atoms with Gasteiger partial charge >= 0.3 is 5.69 Å². The number of hydrogen-bond acceptors (Lipinski definition) is 5. The van der Waals surface area contributed by atoms with Crippen LogP contribution in [0, 0.1) is 5.82 Å². The van der Waals surface area contributed by atoms with Crippen molar-refractivity contribution in [1.82, 2.24) is 18.7 Å². The van der Waals surface area contributed by atoms with Crippen LogP contribution >= 0.6 is 15.9 Å². The lowest BCUT2D eigenvalue weighted by Crippen LogP contribution is -2.43. The van der Waals surface area contributed by atoms with E-state index in [1.165, 1.54) is 23.7 Å². The molecule has 1 aliphatic carbocycles. The Morgan fingerprint density at radius 1 is 1.23 bits per heavy atom. The fraction of sp³-hybridized carbons (Fsp3) is 0.450. The van der Waals surface area contributed by atoms with E-state index in [1.54, 1.807) is 17.7 Å². The van der Waals surface area contributed by atoms with E-state index in [4.69, 9.17) is 5.73 Å². The molecule has 2 aromatic heterocycles. The van der Waals surface area contributed by atoms with E-state index in [1.807, 2.05) is 0 Å². The summed E-state index contributed by atoms with van der Waals surface area (Å²) in [6, 6.07) is 4.38. The monoisotopic (exact) mass is 478 g/mol. The number of anilines is 1. The number of halogens is 2. The Morgan fingerprint density at radius 3 is 2.70 bits per heavy atom. The number of hydrogen-bond donors (Lipinski definition) is 2. The SMILES string of the molecule is Cn1c(=O)c2c(nc(N[C@H]3CCCC[C@H]3N)n2Cc2cc(F)ccc2Br)n(C)c1=O. The number of aromatic nitrogens is 4. The summed E-state index contributed by atoms with van der Waals surface area (Å²) in [7, 11) is 3.01. The second-order valence-corrected chi connectivity index (χ2v) is 8.69. The van der Waals surface area contributed by atoms with Crippen LogP contribution in [0.25, 0.3) is 11.2 Å². The summed E-state index contributed by atoms with van der Waals surface area (Å²) < 4.78 is 18.7. The highest BCUT2D eigenvalue weighted by Crippen LogP contribution is 2.26. The molecule has 0 saturated heterocycles. The fourth-order valence-corrected chi connectivity index (χ4v) is 4.42. The van der Waals surface area contributed by atoms with Gasteiger partial charge in [-0.2, -0.15) is 4.98 Å². The average molecular weight is 479 g/mol. The van der Waals surface area contributed by atoms with E-state index in [2.05, 4.69) is 26.2 Å². The highest BCUT2D eigenvalue weighted by atomic mass is 79.9. The van der Waals surface area contributed by atoms with Crippen LogP contribution in [-0.2, 0) is 20.6 Å². The van der Waals surface area contributed by atoms with Crippen molar-refractivity contribution in [2.45, 2.75) is 44.3 Å². The van der Waals surface area contributed by atoms with Gasteiger partial charge in [0, 0.05) is 30.7 Å². The lowest BCUT2D eigenvalue weighted by atomic mass is 9.91. The van der Waals surface area contributed by atoms with Crippen molar-refractivity contribution < 1.29 is 4.39 Å². The third-order valence-corrected chi connectivity index (χ3v) is 6.59. The Balaban J connectivity index is 1.91. The highest BCUT2D eigenvalue weighted by Gasteiger charge is 2.26. The number of fused-ring (bicyclic) bond motifs is 1. The van der Waals surface area contributed by atoms with Gasteiger partial charge in [0.25, 0.3) is 5.56 Å². The van der Waals surface area contributed by atoms with Crippen LogP contribution in [0.15, 0.2) is 32.3 Å². The van der Waals surface area contributed by atoms with E-state index in [-0.39, 0.29) is 35.6 Å². The molecule has 10 heteroatoms. The quantitative estimate of drug-likeness (QED) is 0.597. The topological polar surface area (TPSA) is 99.9 Å². The van der Waals surface area contributed by atoms with E-state index >= 15 is 0 Å². The van der Waals surface area contributed by atoms with Gasteiger partial charge in [-0.3, -0.25) is 18.5 Å². The first-order valence-electron chi connectivity index (χ1n) is 9.90. The van der Waals surface area contributed by atoms with Crippen molar-refractivity contribution in [3.63, 3.8) is 0 Å². The van der Waals surface area contributed by atoms with Gasteiger partial charge in [-0.05, 0) is 36.6 Å². The zero-order valence-electron chi connectivity index (χ0n) is 16.9. The number of nitrogens with one attached hydrogen (secondary N) is 1. The summed E-state index contributed by atoms with van der Waals surface area (Å²) in [5.41, 5.74) is 6.61. The Hall–Kier alpha value is -2.46. The molecule has 0 bridgehead atoms. The van der Waals surface area contributed by atoms with Gasteiger partial charge in [0.15, 0.2) is 11.2 Å². The van der Waals surface area contributed by atoms with Gasteiger partial charge in [0.1, 0.15) is 5.82 Å². The first kappa shape index (κ1) is 20.8. The van der Waals surface area contributed by atoms with Gasteiger partial charge in [-0.15, -0.1) is 0 Å². The van der Waals surface area contributed by atoms with Crippen molar-refractivity contribution in [3.05, 3.63) is 54.9 Å². The van der Waals surface area contributed by atoms with Crippen LogP contribution in [0.3, 0.4) is 0 Å². The van der Waals surface area contributed by atoms with E-state index in [9.17, 15) is 14.0 Å². The molecule has 2 atom stereocenters. The molecule has 8 nitrogen and oxygen atoms in total. The van der Waals surface area contributed by atoms with E-state index in [0.717, 1.165) is 30.3 Å². The first-order valence-corrected chi connectivity index (χ1v) is 10.7. The lowest BCUT2D eigenvalue weighted by molar-refractivity contribution is 0.401. The van der Waals surface area contributed by atoms with Crippen LogP contribution in [0.1, 0.15) is 31.2 Å². The van der Waals surface area contributed by atoms with Gasteiger partial charge in [-0.1, -0.05) is 28.8 Å². The summed E-state index contributed by atoms with van der Waals surface area (Å²) in [6.45, 7) is 0.201. The van der Waals surface area contributed by atoms with Crippen molar-refractivity contribution in [1.29, 1.82) is 0 Å². The number of benzene rings is 1. The Kier molecular flexibility index (Phi) is 5.54. The minimum absolute atomic E-state index is 0.00569. The molecule has 1 aromatic carbocycles. The molecule has 0 radical (unpaired) electrons. The minimum atomic E-state index is -0.454. The molecule has 0 amide bonds. The predicted molar refractivity (Wildman–Crippen MR) is 117 cm³/mol. The van der Waals surface area contributed by atoms with Crippen LogP contribution in [0.5, 0.6) is 0 Å². The molecule has 1 fully saturated rings. The number of rotatable bonds is 4. The Bertz CT molecular complexity index is 1230. The average Bonchev–Trinajstić information content (AvgIpc) is 3.07. The largest absolute Gasteiger partial charge is 0.351 e. The van der Waals surface area contributed by atoms with E-state index < -0.39 is 11.2 Å². The number of imidazole rings is 1. The van der Waals surface area contributed by atoms with Crippen molar-refractivity contribution in [2.75, 3.05) is 5.32 Å². The molecule has 160 valence electrons. The molecule has 0 spiro atoms. The van der Waals surface area contributed by atoms with Crippen molar-refractivity contribution in [3.8, 4) is 0 Å². The minimum Gasteiger partial charge on any atom is -0.351 e. The van der Waals surface area contributed by atoms with E-state index in [0.29, 0.717) is 16.0 Å². The van der Waals surface area contributed by atoms with Crippen molar-refractivity contribution >= 4 is 33.0 Å². The molecule has 3 aromatic rings. The van der Waals surface area contributed by atoms with Crippen LogP contribution < -0.4 is 22.3 Å². The smallest absolute Gasteiger partial charge is 0.332 e. The molecule has 2 heterocycles. The standard InChI is InChI=1S/C20H24BrFN6O2/c1-26-17-16(18(29)27(2)20(26)30)28(10-11-9-12(22)7-8-13(11)21)19(25-17)24-15-6-4-3-5-14(15)23/h7-9,14-15H,3-6,10,23H2,1-2H3,(H,24,25)/t14-,15+/m1/s1. The molecular formula is C20H24BrFN6O2. The predicted octanol–water partition coefficient (Wildman–Crippen LogP) is 2.07. The molecule has 1 saturated carbocycles. The summed E-state index contributed by atoms with van der Waals surface area (Å²) in [5, 5.41) is 3.39. The third kappa shape index (κ3) is 3.58. The molecule has 1 aliphatic rings. The number of nitrogens with two attached hydrogens (primary N) is 1. The first-order chi connectivity index (χ1) is 14.3. The van der Waals surface area contributed by atoms with Crippen LogP contribution in [0.2, 0.25) is 0 Å². The molecule has 0 unspecified atom stereocenters. The maximum Gasteiger partial charge on any atom is 0.332 e. The molecule has 4 rings (SSSR count). The third-order valence-electron chi connectivity index (χ3n) is 5.82. The lowest BCUT2D eigenvalue weighted by Gasteiger charge is -2.29. The van der Waals surface area contributed by atoms with Gasteiger partial charge in [-0.25, -0.2) is 9.18 Å². The Labute approximate surface area is 180 Å². The maximum absolute atomic E-state index is 13.9. The van der Waals surface area contributed by atoms with Crippen LogP contribution in [0.4, 0.5) is 10.3 Å². The van der Waals surface area contributed by atoms with Gasteiger partial charge in [0.05, 0.1) is 6.54 Å². The van der Waals surface area contributed by atoms with Gasteiger partial charge < -0.3 is 11.1 Å². The van der Waals surface area contributed by atoms with Crippen molar-refractivity contribution in [2.24, 2.45) is 19.8 Å². The zero-order valence-corrected chi connectivity index (χ0v) is 18.4. The molecule has 30 heavy (non-hydrogen) atoms. The zero-order chi connectivity index (χ0) is 21.6. The second-order valence-electron chi connectivity index (χ2n) is 7.83. The molecule has 3 N–H and O–H groups in total. The normalized spacial score (nSPS) is 19.4. The summed E-state index contributed by atoms with van der Waals surface area (Å²) in [6.07, 6.45) is 3.95. The summed E-state index contributed by atoms with van der Waals surface area (Å²) in [4.78, 5) is 30.0. The summed E-state index contributed by atoms with van der Waals surface area (Å²) in [5.74, 6) is 0.0727. The van der Waals surface area contributed by atoms with Gasteiger partial charge in [0.2, 0.25) is 5.95 Å². The Morgan fingerprint density at radius 2 is 1.97 bits per heavy atom. The molecular weight excluding hydrogens is 455 g/mol. The second kappa shape index (κ2) is 7.99. The highest BCUT2D eigenvalue weighted by molar-refractivity contribution is 9.10. The summed E-state index contributed by atoms with van der Waals surface area (Å²) >= 11 is 3.45. The maximum atomic E-state index is 13.9.